The molecule has 7 nitrogen and oxygen atoms in total. The minimum absolute atomic E-state index is 0.0966. The molecule has 2 rings (SSSR count). The number of hydrogen-bond donors (Lipinski definition) is 2. The van der Waals surface area contributed by atoms with E-state index in [-0.39, 0.29) is 10.8 Å². The number of aromatic hydroxyl groups is 1. The Morgan fingerprint density at radius 1 is 1.42 bits per heavy atom. The molecule has 0 bridgehead atoms. The number of benzene rings is 1. The van der Waals surface area contributed by atoms with Gasteiger partial charge in [0.25, 0.3) is 10.0 Å². The number of phenolic OH excluding ortho intramolecular Hbond substituents is 1. The topological polar surface area (TPSA) is 97.1 Å². The zero-order valence-corrected chi connectivity index (χ0v) is 11.3. The minimum atomic E-state index is -3.76. The fourth-order valence-corrected chi connectivity index (χ4v) is 2.65. The lowest BCUT2D eigenvalue weighted by Crippen LogP contribution is -2.14. The third-order valence-corrected chi connectivity index (χ3v) is 3.80. The van der Waals surface area contributed by atoms with Gasteiger partial charge in [-0.2, -0.15) is 8.42 Å². The van der Waals surface area contributed by atoms with Crippen molar-refractivity contribution in [3.05, 3.63) is 30.0 Å². The highest BCUT2D eigenvalue weighted by Gasteiger charge is 2.19. The minimum Gasteiger partial charge on any atom is -0.508 e. The molecule has 19 heavy (non-hydrogen) atoms. The van der Waals surface area contributed by atoms with Crippen LogP contribution in [0, 0.1) is 0 Å². The van der Waals surface area contributed by atoms with Crippen molar-refractivity contribution in [1.29, 1.82) is 0 Å². The van der Waals surface area contributed by atoms with E-state index in [9.17, 15) is 13.5 Å². The molecule has 102 valence electrons. The zero-order valence-electron chi connectivity index (χ0n) is 10.5. The van der Waals surface area contributed by atoms with Crippen LogP contribution < -0.4 is 4.72 Å². The molecular weight excluding hydrogens is 268 g/mol. The van der Waals surface area contributed by atoms with Gasteiger partial charge in [-0.05, 0) is 30.2 Å². The van der Waals surface area contributed by atoms with E-state index < -0.39 is 10.0 Å². The maximum atomic E-state index is 12.1. The molecule has 1 aromatic carbocycles. The lowest BCUT2D eigenvalue weighted by atomic mass is 10.1. The number of rotatable bonds is 4. The second-order valence-corrected chi connectivity index (χ2v) is 5.66. The first kappa shape index (κ1) is 13.3. The van der Waals surface area contributed by atoms with Crippen LogP contribution in [0.25, 0.3) is 0 Å². The molecule has 2 aromatic rings. The smallest absolute Gasteiger partial charge is 0.282 e. The van der Waals surface area contributed by atoms with Gasteiger partial charge < -0.3 is 5.11 Å². The van der Waals surface area contributed by atoms with Crippen LogP contribution in [-0.4, -0.2) is 28.5 Å². The molecule has 1 aromatic heterocycles. The molecule has 0 radical (unpaired) electrons. The largest absolute Gasteiger partial charge is 0.508 e. The quantitative estimate of drug-likeness (QED) is 0.811. The van der Waals surface area contributed by atoms with Crippen molar-refractivity contribution in [2.24, 2.45) is 7.05 Å². The van der Waals surface area contributed by atoms with Crippen molar-refractivity contribution in [2.45, 2.75) is 18.4 Å². The van der Waals surface area contributed by atoms with Crippen LogP contribution in [0.5, 0.6) is 5.75 Å². The van der Waals surface area contributed by atoms with E-state index in [2.05, 4.69) is 15.0 Å². The molecule has 0 spiro atoms. The molecule has 0 atom stereocenters. The Morgan fingerprint density at radius 3 is 2.74 bits per heavy atom. The molecule has 0 aliphatic rings. The Labute approximate surface area is 110 Å². The van der Waals surface area contributed by atoms with Crippen molar-refractivity contribution in [2.75, 3.05) is 4.72 Å². The van der Waals surface area contributed by atoms with Gasteiger partial charge in [-0.3, -0.25) is 9.40 Å². The molecule has 0 aliphatic heterocycles. The van der Waals surface area contributed by atoms with Crippen LogP contribution in [0.2, 0.25) is 0 Å². The van der Waals surface area contributed by atoms with Crippen LogP contribution in [0.3, 0.4) is 0 Å². The van der Waals surface area contributed by atoms with E-state index in [1.54, 1.807) is 7.05 Å². The van der Waals surface area contributed by atoms with E-state index in [4.69, 9.17) is 0 Å². The Morgan fingerprint density at radius 2 is 2.16 bits per heavy atom. The SMILES string of the molecule is CCc1cc(O)ccc1NS(=O)(=O)c1cn(C)nn1. The fourth-order valence-electron chi connectivity index (χ4n) is 1.62. The van der Waals surface area contributed by atoms with Gasteiger partial charge in [-0.15, -0.1) is 5.10 Å². The van der Waals surface area contributed by atoms with Gasteiger partial charge in [0, 0.05) is 7.05 Å². The summed E-state index contributed by atoms with van der Waals surface area (Å²) in [5.41, 5.74) is 1.12. The maximum Gasteiger partial charge on any atom is 0.282 e. The van der Waals surface area contributed by atoms with Crippen molar-refractivity contribution >= 4 is 15.7 Å². The average Bonchev–Trinajstić information content (AvgIpc) is 2.79. The number of hydrogen-bond acceptors (Lipinski definition) is 5. The van der Waals surface area contributed by atoms with Gasteiger partial charge in [0.2, 0.25) is 5.03 Å². The molecule has 0 fully saturated rings. The van der Waals surface area contributed by atoms with Crippen molar-refractivity contribution in [3.63, 3.8) is 0 Å². The van der Waals surface area contributed by atoms with Crippen LogP contribution in [0.15, 0.2) is 29.4 Å². The highest BCUT2D eigenvalue weighted by molar-refractivity contribution is 7.92. The van der Waals surface area contributed by atoms with Crippen LogP contribution in [0.4, 0.5) is 5.69 Å². The van der Waals surface area contributed by atoms with Crippen LogP contribution in [-0.2, 0) is 23.5 Å². The third kappa shape index (κ3) is 2.84. The lowest BCUT2D eigenvalue weighted by molar-refractivity contribution is 0.474. The highest BCUT2D eigenvalue weighted by Crippen LogP contribution is 2.23. The number of nitrogens with zero attached hydrogens (tertiary/aromatic N) is 3. The maximum absolute atomic E-state index is 12.1. The highest BCUT2D eigenvalue weighted by atomic mass is 32.2. The molecule has 1 heterocycles. The molecule has 2 N–H and O–H groups in total. The number of sulfonamides is 1. The summed E-state index contributed by atoms with van der Waals surface area (Å²) in [6.45, 7) is 1.87. The Hall–Kier alpha value is -2.09. The molecule has 0 saturated heterocycles. The van der Waals surface area contributed by atoms with Crippen LogP contribution >= 0.6 is 0 Å². The summed E-state index contributed by atoms with van der Waals surface area (Å²) in [5.74, 6) is 0.0966. The van der Waals surface area contributed by atoms with E-state index in [0.29, 0.717) is 17.7 Å². The van der Waals surface area contributed by atoms with Gasteiger partial charge in [-0.25, -0.2) is 0 Å². The summed E-state index contributed by atoms with van der Waals surface area (Å²) in [5, 5.41) is 16.4. The fraction of sp³-hybridized carbons (Fsp3) is 0.273. The average molecular weight is 282 g/mol. The lowest BCUT2D eigenvalue weighted by Gasteiger charge is -2.10. The monoisotopic (exact) mass is 282 g/mol. The normalized spacial score (nSPS) is 11.5. The van der Waals surface area contributed by atoms with Gasteiger partial charge >= 0.3 is 0 Å². The number of nitrogens with one attached hydrogen (secondary N) is 1. The summed E-state index contributed by atoms with van der Waals surface area (Å²) in [4.78, 5) is 0. The Kier molecular flexibility index (Phi) is 3.43. The number of phenols is 1. The molecule has 0 amide bonds. The number of aromatic nitrogens is 3. The molecule has 8 heteroatoms. The second-order valence-electron chi connectivity index (χ2n) is 4.03. The zero-order chi connectivity index (χ0) is 14.0. The first-order valence-corrected chi connectivity index (χ1v) is 7.11. The van der Waals surface area contributed by atoms with E-state index in [1.165, 1.54) is 29.1 Å². The predicted molar refractivity (Wildman–Crippen MR) is 69.3 cm³/mol. The van der Waals surface area contributed by atoms with Crippen molar-refractivity contribution < 1.29 is 13.5 Å². The molecular formula is C11H14N4O3S. The van der Waals surface area contributed by atoms with E-state index in [0.717, 1.165) is 0 Å². The van der Waals surface area contributed by atoms with E-state index >= 15 is 0 Å². The number of anilines is 1. The summed E-state index contributed by atoms with van der Waals surface area (Å²) < 4.78 is 27.9. The first-order chi connectivity index (χ1) is 8.92. The third-order valence-electron chi connectivity index (χ3n) is 2.57. The standard InChI is InChI=1S/C11H14N4O3S/c1-3-8-6-9(16)4-5-10(8)13-19(17,18)11-7-15(2)14-12-11/h4-7,13,16H,3H2,1-2H3. The molecule has 0 saturated carbocycles. The van der Waals surface area contributed by atoms with Crippen molar-refractivity contribution in [1.82, 2.24) is 15.0 Å². The number of aryl methyl sites for hydroxylation is 2. The predicted octanol–water partition coefficient (Wildman–Crippen LogP) is 0.884. The summed E-state index contributed by atoms with van der Waals surface area (Å²) in [6, 6.07) is 4.46. The van der Waals surface area contributed by atoms with E-state index in [1.807, 2.05) is 6.92 Å². The summed E-state index contributed by atoms with van der Waals surface area (Å²) in [7, 11) is -2.18. The molecule has 0 aliphatic carbocycles. The first-order valence-electron chi connectivity index (χ1n) is 5.63. The Balaban J connectivity index is 2.35. The van der Waals surface area contributed by atoms with Gasteiger partial charge in [0.15, 0.2) is 0 Å². The summed E-state index contributed by atoms with van der Waals surface area (Å²) >= 11 is 0. The summed E-state index contributed by atoms with van der Waals surface area (Å²) in [6.07, 6.45) is 1.90. The van der Waals surface area contributed by atoms with Gasteiger partial charge in [-0.1, -0.05) is 12.1 Å². The van der Waals surface area contributed by atoms with Gasteiger partial charge in [0.1, 0.15) is 5.75 Å². The molecule has 0 unspecified atom stereocenters. The van der Waals surface area contributed by atoms with Gasteiger partial charge in [0.05, 0.1) is 11.9 Å². The second kappa shape index (κ2) is 4.88. The van der Waals surface area contributed by atoms with Crippen LogP contribution in [0.1, 0.15) is 12.5 Å². The van der Waals surface area contributed by atoms with Crippen molar-refractivity contribution in [3.8, 4) is 5.75 Å². The Bertz CT molecular complexity index is 694.